The summed E-state index contributed by atoms with van der Waals surface area (Å²) in [6, 6.07) is 12.8. The second-order valence-electron chi connectivity index (χ2n) is 6.11. The van der Waals surface area contributed by atoms with Crippen LogP contribution in [0.25, 0.3) is 0 Å². The fourth-order valence-electron chi connectivity index (χ4n) is 2.83. The number of hydrogen-bond donors (Lipinski definition) is 0. The summed E-state index contributed by atoms with van der Waals surface area (Å²) in [5.74, 6) is 1.68. The Kier molecular flexibility index (Phi) is 6.74. The van der Waals surface area contributed by atoms with Gasteiger partial charge in [-0.25, -0.2) is 0 Å². The molecule has 1 heterocycles. The van der Waals surface area contributed by atoms with Crippen LogP contribution >= 0.6 is 35.0 Å². The van der Waals surface area contributed by atoms with Gasteiger partial charge in [0.2, 0.25) is 0 Å². The van der Waals surface area contributed by atoms with Crippen molar-refractivity contribution in [3.05, 3.63) is 63.6 Å². The van der Waals surface area contributed by atoms with Crippen molar-refractivity contribution >= 4 is 40.9 Å². The van der Waals surface area contributed by atoms with Gasteiger partial charge in [-0.15, -0.1) is 11.8 Å². The van der Waals surface area contributed by atoms with E-state index in [1.165, 1.54) is 0 Å². The minimum atomic E-state index is -0.0900. The van der Waals surface area contributed by atoms with E-state index in [2.05, 4.69) is 6.92 Å². The number of benzene rings is 2. The highest BCUT2D eigenvalue weighted by Crippen LogP contribution is 2.42. The first-order valence-corrected chi connectivity index (χ1v) is 10.5. The number of amides is 1. The van der Waals surface area contributed by atoms with Crippen molar-refractivity contribution < 1.29 is 9.53 Å². The summed E-state index contributed by atoms with van der Waals surface area (Å²) in [5, 5.41) is 1.10. The number of carbonyl (C=O) groups is 1. The van der Waals surface area contributed by atoms with E-state index in [0.717, 1.165) is 29.9 Å². The van der Waals surface area contributed by atoms with E-state index >= 15 is 0 Å². The fourth-order valence-corrected chi connectivity index (χ4v) is 4.70. The van der Waals surface area contributed by atoms with Gasteiger partial charge < -0.3 is 9.64 Å². The second kappa shape index (κ2) is 9.03. The van der Waals surface area contributed by atoms with Crippen LogP contribution in [0.2, 0.25) is 10.0 Å². The zero-order valence-electron chi connectivity index (χ0n) is 14.6. The zero-order chi connectivity index (χ0) is 18.5. The number of thioether (sulfide) groups is 1. The van der Waals surface area contributed by atoms with Gasteiger partial charge in [0.25, 0.3) is 5.91 Å². The maximum Gasteiger partial charge on any atom is 0.255 e. The number of nitrogens with zero attached hydrogens (tertiary/aromatic N) is 1. The molecule has 0 spiro atoms. The molecule has 1 aliphatic heterocycles. The Morgan fingerprint density at radius 2 is 2.00 bits per heavy atom. The summed E-state index contributed by atoms with van der Waals surface area (Å²) in [4.78, 5) is 14.9. The van der Waals surface area contributed by atoms with Crippen molar-refractivity contribution in [2.75, 3.05) is 18.9 Å². The third-order valence-electron chi connectivity index (χ3n) is 4.25. The lowest BCUT2D eigenvalue weighted by molar-refractivity contribution is 0.0760. The molecule has 6 heteroatoms. The highest BCUT2D eigenvalue weighted by Gasteiger charge is 2.32. The number of rotatable bonds is 6. The standard InChI is InChI=1S/C20H21Cl2NO2S/c1-2-3-11-25-16-7-4-14(5-8-16)19(24)23-10-12-26-20(23)17-9-6-15(21)13-18(17)22/h4-9,13,20H,2-3,10-12H2,1H3/t20-/m0/s1. The molecule has 0 saturated carbocycles. The van der Waals surface area contributed by atoms with Gasteiger partial charge in [0.05, 0.1) is 6.61 Å². The number of halogens is 2. The van der Waals surface area contributed by atoms with E-state index in [1.807, 2.05) is 41.3 Å². The van der Waals surface area contributed by atoms with E-state index in [0.29, 0.717) is 28.8 Å². The Morgan fingerprint density at radius 1 is 1.23 bits per heavy atom. The van der Waals surface area contributed by atoms with Crippen molar-refractivity contribution in [1.82, 2.24) is 4.90 Å². The monoisotopic (exact) mass is 409 g/mol. The van der Waals surface area contributed by atoms with Gasteiger partial charge >= 0.3 is 0 Å². The third kappa shape index (κ3) is 4.48. The van der Waals surface area contributed by atoms with E-state index in [9.17, 15) is 4.79 Å². The highest BCUT2D eigenvalue weighted by molar-refractivity contribution is 7.99. The summed E-state index contributed by atoms with van der Waals surface area (Å²) in [7, 11) is 0. The van der Waals surface area contributed by atoms with Crippen molar-refractivity contribution in [3.63, 3.8) is 0 Å². The summed E-state index contributed by atoms with van der Waals surface area (Å²) >= 11 is 14.1. The predicted molar refractivity (Wildman–Crippen MR) is 110 cm³/mol. The normalized spacial score (nSPS) is 16.7. The Balaban J connectivity index is 1.73. The topological polar surface area (TPSA) is 29.5 Å². The number of unbranched alkanes of at least 4 members (excludes halogenated alkanes) is 1. The van der Waals surface area contributed by atoms with Gasteiger partial charge in [-0.3, -0.25) is 4.79 Å². The lowest BCUT2D eigenvalue weighted by atomic mass is 10.1. The molecule has 3 rings (SSSR count). The first kappa shape index (κ1) is 19.4. The fraction of sp³-hybridized carbons (Fsp3) is 0.350. The van der Waals surface area contributed by atoms with Gasteiger partial charge in [-0.1, -0.05) is 42.6 Å². The Morgan fingerprint density at radius 3 is 2.69 bits per heavy atom. The molecule has 0 aliphatic carbocycles. The maximum absolute atomic E-state index is 13.0. The molecule has 0 aromatic heterocycles. The molecular formula is C20H21Cl2NO2S. The summed E-state index contributed by atoms with van der Waals surface area (Å²) < 4.78 is 5.67. The molecule has 1 aliphatic rings. The smallest absolute Gasteiger partial charge is 0.255 e. The van der Waals surface area contributed by atoms with Gasteiger partial charge in [0.1, 0.15) is 11.1 Å². The van der Waals surface area contributed by atoms with Gasteiger partial charge in [0, 0.05) is 33.5 Å². The van der Waals surface area contributed by atoms with Crippen molar-refractivity contribution in [1.29, 1.82) is 0 Å². The van der Waals surface area contributed by atoms with Crippen molar-refractivity contribution in [2.45, 2.75) is 25.1 Å². The largest absolute Gasteiger partial charge is 0.494 e. The molecule has 0 bridgehead atoms. The van der Waals surface area contributed by atoms with E-state index < -0.39 is 0 Å². The van der Waals surface area contributed by atoms with Crippen LogP contribution in [0.1, 0.15) is 41.1 Å². The Hall–Kier alpha value is -1.36. The van der Waals surface area contributed by atoms with Crippen LogP contribution in [-0.2, 0) is 0 Å². The van der Waals surface area contributed by atoms with E-state index in [-0.39, 0.29) is 11.3 Å². The predicted octanol–water partition coefficient (Wildman–Crippen LogP) is 6.06. The molecule has 1 fully saturated rings. The summed E-state index contributed by atoms with van der Waals surface area (Å²) in [6.07, 6.45) is 2.12. The van der Waals surface area contributed by atoms with Crippen molar-refractivity contribution in [3.8, 4) is 5.75 Å². The summed E-state index contributed by atoms with van der Waals surface area (Å²) in [6.45, 7) is 3.52. The third-order valence-corrected chi connectivity index (χ3v) is 6.05. The van der Waals surface area contributed by atoms with Gasteiger partial charge in [-0.05, 0) is 42.8 Å². The molecule has 0 unspecified atom stereocenters. The molecule has 26 heavy (non-hydrogen) atoms. The lowest BCUT2D eigenvalue weighted by Gasteiger charge is -2.25. The average Bonchev–Trinajstić information content (AvgIpc) is 3.11. The Bertz CT molecular complexity index is 767. The number of hydrogen-bond acceptors (Lipinski definition) is 3. The van der Waals surface area contributed by atoms with Crippen LogP contribution in [0.4, 0.5) is 0 Å². The van der Waals surface area contributed by atoms with Gasteiger partial charge in [-0.2, -0.15) is 0 Å². The molecule has 138 valence electrons. The van der Waals surface area contributed by atoms with Crippen LogP contribution in [0.15, 0.2) is 42.5 Å². The molecule has 0 N–H and O–H groups in total. The van der Waals surface area contributed by atoms with E-state index in [4.69, 9.17) is 27.9 Å². The van der Waals surface area contributed by atoms with E-state index in [1.54, 1.807) is 17.8 Å². The number of carbonyl (C=O) groups excluding carboxylic acids is 1. The lowest BCUT2D eigenvalue weighted by Crippen LogP contribution is -2.30. The average molecular weight is 410 g/mol. The van der Waals surface area contributed by atoms with Crippen LogP contribution in [0, 0.1) is 0 Å². The SMILES string of the molecule is CCCCOc1ccc(C(=O)N2CCS[C@H]2c2ccc(Cl)cc2Cl)cc1. The first-order valence-electron chi connectivity index (χ1n) is 8.70. The minimum Gasteiger partial charge on any atom is -0.494 e. The Labute approximate surface area is 168 Å². The van der Waals surface area contributed by atoms with Gasteiger partial charge in [0.15, 0.2) is 0 Å². The molecule has 1 saturated heterocycles. The molecule has 1 atom stereocenters. The molecule has 2 aromatic rings. The zero-order valence-corrected chi connectivity index (χ0v) is 16.9. The molecular weight excluding hydrogens is 389 g/mol. The molecule has 3 nitrogen and oxygen atoms in total. The number of ether oxygens (including phenoxy) is 1. The highest BCUT2D eigenvalue weighted by atomic mass is 35.5. The first-order chi connectivity index (χ1) is 12.6. The summed E-state index contributed by atoms with van der Waals surface area (Å²) in [5.41, 5.74) is 1.58. The van der Waals surface area contributed by atoms with Crippen molar-refractivity contribution in [2.24, 2.45) is 0 Å². The van der Waals surface area contributed by atoms with Crippen LogP contribution in [0.5, 0.6) is 5.75 Å². The second-order valence-corrected chi connectivity index (χ2v) is 8.15. The molecule has 0 radical (unpaired) electrons. The van der Waals surface area contributed by atoms with Crippen LogP contribution < -0.4 is 4.74 Å². The quantitative estimate of drug-likeness (QED) is 0.542. The minimum absolute atomic E-state index is 0.00567. The van der Waals surface area contributed by atoms with Crippen LogP contribution in [-0.4, -0.2) is 29.7 Å². The molecule has 2 aromatic carbocycles. The maximum atomic E-state index is 13.0. The molecule has 1 amide bonds. The van der Waals surface area contributed by atoms with Crippen LogP contribution in [0.3, 0.4) is 0 Å².